The summed E-state index contributed by atoms with van der Waals surface area (Å²) in [7, 11) is 0. The first kappa shape index (κ1) is 13.3. The van der Waals surface area contributed by atoms with Gasteiger partial charge >= 0.3 is 5.97 Å². The van der Waals surface area contributed by atoms with Crippen molar-refractivity contribution in [2.45, 2.75) is 19.3 Å². The smallest absolute Gasteiger partial charge is 0.339 e. The van der Waals surface area contributed by atoms with E-state index in [2.05, 4.69) is 9.88 Å². The minimum atomic E-state index is -0.337. The summed E-state index contributed by atoms with van der Waals surface area (Å²) in [6.07, 6.45) is 5.24. The predicted molar refractivity (Wildman–Crippen MR) is 69.8 cm³/mol. The molecule has 0 aromatic carbocycles. The van der Waals surface area contributed by atoms with Gasteiger partial charge in [-0.25, -0.2) is 9.78 Å². The number of piperidine rings is 1. The first-order chi connectivity index (χ1) is 8.75. The average molecular weight is 269 g/mol. The predicted octanol–water partition coefficient (Wildman–Crippen LogP) is 2.38. The van der Waals surface area contributed by atoms with Gasteiger partial charge in [0.25, 0.3) is 0 Å². The molecule has 5 heteroatoms. The number of rotatable bonds is 4. The highest BCUT2D eigenvalue weighted by atomic mass is 35.5. The van der Waals surface area contributed by atoms with Crippen molar-refractivity contribution in [2.75, 3.05) is 26.2 Å². The fourth-order valence-electron chi connectivity index (χ4n) is 2.03. The van der Waals surface area contributed by atoms with Gasteiger partial charge < -0.3 is 4.74 Å². The van der Waals surface area contributed by atoms with Gasteiger partial charge in [-0.1, -0.05) is 18.0 Å². The Hall–Kier alpha value is -1.13. The number of esters is 1. The number of ether oxygens (including phenoxy) is 1. The summed E-state index contributed by atoms with van der Waals surface area (Å²) in [5, 5.41) is 0.375. The van der Waals surface area contributed by atoms with Crippen LogP contribution in [0.3, 0.4) is 0 Å². The van der Waals surface area contributed by atoms with Crippen molar-refractivity contribution < 1.29 is 9.53 Å². The highest BCUT2D eigenvalue weighted by molar-refractivity contribution is 6.29. The van der Waals surface area contributed by atoms with Crippen molar-refractivity contribution in [3.8, 4) is 0 Å². The van der Waals surface area contributed by atoms with Gasteiger partial charge in [0.15, 0.2) is 0 Å². The molecule has 1 fully saturated rings. The SMILES string of the molecule is O=C(OCCN1CCCCC1)c1ccc(Cl)nc1. The van der Waals surface area contributed by atoms with Crippen molar-refractivity contribution in [2.24, 2.45) is 0 Å². The fraction of sp³-hybridized carbons (Fsp3) is 0.538. The number of hydrogen-bond donors (Lipinski definition) is 0. The second kappa shape index (κ2) is 6.71. The lowest BCUT2D eigenvalue weighted by atomic mass is 10.1. The maximum atomic E-state index is 11.7. The summed E-state index contributed by atoms with van der Waals surface area (Å²) in [6, 6.07) is 3.21. The Morgan fingerprint density at radius 3 is 2.78 bits per heavy atom. The van der Waals surface area contributed by atoms with Crippen LogP contribution in [-0.2, 0) is 4.74 Å². The Morgan fingerprint density at radius 2 is 2.11 bits per heavy atom. The molecule has 98 valence electrons. The van der Waals surface area contributed by atoms with Gasteiger partial charge in [-0.15, -0.1) is 0 Å². The lowest BCUT2D eigenvalue weighted by Gasteiger charge is -2.25. The van der Waals surface area contributed by atoms with Crippen LogP contribution in [0.25, 0.3) is 0 Å². The van der Waals surface area contributed by atoms with Crippen LogP contribution in [0.2, 0.25) is 5.15 Å². The molecular formula is C13H17ClN2O2. The third-order valence-corrected chi connectivity index (χ3v) is 3.28. The van der Waals surface area contributed by atoms with Crippen LogP contribution in [0.1, 0.15) is 29.6 Å². The number of carbonyl (C=O) groups excluding carboxylic acids is 1. The summed E-state index contributed by atoms with van der Waals surface area (Å²) in [5.41, 5.74) is 0.443. The number of carbonyl (C=O) groups is 1. The molecule has 0 unspecified atom stereocenters. The van der Waals surface area contributed by atoms with Gasteiger partial charge in [0, 0.05) is 12.7 Å². The van der Waals surface area contributed by atoms with Crippen LogP contribution >= 0.6 is 11.6 Å². The normalized spacial score (nSPS) is 16.5. The highest BCUT2D eigenvalue weighted by Crippen LogP contribution is 2.09. The molecule has 1 saturated heterocycles. The zero-order valence-corrected chi connectivity index (χ0v) is 11.0. The van der Waals surface area contributed by atoms with Crippen molar-refractivity contribution in [3.63, 3.8) is 0 Å². The average Bonchev–Trinajstić information content (AvgIpc) is 2.40. The number of aromatic nitrogens is 1. The first-order valence-electron chi connectivity index (χ1n) is 6.27. The first-order valence-corrected chi connectivity index (χ1v) is 6.64. The Balaban J connectivity index is 1.72. The van der Waals surface area contributed by atoms with E-state index < -0.39 is 0 Å². The summed E-state index contributed by atoms with van der Waals surface area (Å²) >= 11 is 5.65. The molecule has 0 aliphatic carbocycles. The number of halogens is 1. The van der Waals surface area contributed by atoms with Gasteiger partial charge in [0.1, 0.15) is 11.8 Å². The van der Waals surface area contributed by atoms with Crippen LogP contribution in [0.5, 0.6) is 0 Å². The van der Waals surface area contributed by atoms with E-state index in [4.69, 9.17) is 16.3 Å². The van der Waals surface area contributed by atoms with Crippen LogP contribution in [-0.4, -0.2) is 42.1 Å². The van der Waals surface area contributed by atoms with E-state index in [0.29, 0.717) is 17.3 Å². The third kappa shape index (κ3) is 3.96. The van der Waals surface area contributed by atoms with Gasteiger partial charge in [-0.2, -0.15) is 0 Å². The minimum Gasteiger partial charge on any atom is -0.461 e. The lowest BCUT2D eigenvalue weighted by Crippen LogP contribution is -2.33. The third-order valence-electron chi connectivity index (χ3n) is 3.05. The van der Waals surface area contributed by atoms with Crippen LogP contribution in [0.15, 0.2) is 18.3 Å². The zero-order valence-electron chi connectivity index (χ0n) is 10.3. The lowest BCUT2D eigenvalue weighted by molar-refractivity contribution is 0.0451. The molecular weight excluding hydrogens is 252 g/mol. The Labute approximate surface area is 112 Å². The van der Waals surface area contributed by atoms with E-state index in [0.717, 1.165) is 19.6 Å². The van der Waals surface area contributed by atoms with E-state index in [1.807, 2.05) is 0 Å². The summed E-state index contributed by atoms with van der Waals surface area (Å²) in [5.74, 6) is -0.337. The summed E-state index contributed by atoms with van der Waals surface area (Å²) in [4.78, 5) is 17.9. The molecule has 2 rings (SSSR count). The molecule has 0 radical (unpaired) electrons. The quantitative estimate of drug-likeness (QED) is 0.621. The zero-order chi connectivity index (χ0) is 12.8. The van der Waals surface area contributed by atoms with Crippen molar-refractivity contribution in [1.82, 2.24) is 9.88 Å². The number of pyridine rings is 1. The van der Waals surface area contributed by atoms with Gasteiger partial charge in [0.05, 0.1) is 5.56 Å². The van der Waals surface area contributed by atoms with Crippen molar-refractivity contribution in [3.05, 3.63) is 29.0 Å². The molecule has 4 nitrogen and oxygen atoms in total. The highest BCUT2D eigenvalue weighted by Gasteiger charge is 2.11. The largest absolute Gasteiger partial charge is 0.461 e. The molecule has 0 amide bonds. The summed E-state index contributed by atoms with van der Waals surface area (Å²) < 4.78 is 5.21. The van der Waals surface area contributed by atoms with Crippen molar-refractivity contribution in [1.29, 1.82) is 0 Å². The second-order valence-electron chi connectivity index (χ2n) is 4.41. The number of hydrogen-bond acceptors (Lipinski definition) is 4. The van der Waals surface area contributed by atoms with Gasteiger partial charge in [-0.05, 0) is 38.1 Å². The van der Waals surface area contributed by atoms with Crippen LogP contribution in [0, 0.1) is 0 Å². The minimum absolute atomic E-state index is 0.337. The topological polar surface area (TPSA) is 42.4 Å². The number of nitrogens with zero attached hydrogens (tertiary/aromatic N) is 2. The molecule has 18 heavy (non-hydrogen) atoms. The maximum Gasteiger partial charge on any atom is 0.339 e. The molecule has 1 aliphatic heterocycles. The standard InChI is InChI=1S/C13H17ClN2O2/c14-12-5-4-11(10-15-12)13(17)18-9-8-16-6-2-1-3-7-16/h4-5,10H,1-3,6-9H2. The molecule has 2 heterocycles. The second-order valence-corrected chi connectivity index (χ2v) is 4.80. The molecule has 0 bridgehead atoms. The van der Waals surface area contributed by atoms with Gasteiger partial charge in [0.2, 0.25) is 0 Å². The maximum absolute atomic E-state index is 11.7. The van der Waals surface area contributed by atoms with Gasteiger partial charge in [-0.3, -0.25) is 4.90 Å². The Kier molecular flexibility index (Phi) is 4.96. The molecule has 0 spiro atoms. The molecule has 0 saturated carbocycles. The fourth-order valence-corrected chi connectivity index (χ4v) is 2.14. The van der Waals surface area contributed by atoms with E-state index in [1.165, 1.54) is 25.5 Å². The van der Waals surface area contributed by atoms with E-state index in [9.17, 15) is 4.79 Å². The molecule has 1 aromatic heterocycles. The molecule has 0 atom stereocenters. The van der Waals surface area contributed by atoms with E-state index >= 15 is 0 Å². The Bertz CT molecular complexity index is 388. The van der Waals surface area contributed by atoms with E-state index in [1.54, 1.807) is 12.1 Å². The van der Waals surface area contributed by atoms with E-state index in [-0.39, 0.29) is 5.97 Å². The molecule has 1 aromatic rings. The molecule has 1 aliphatic rings. The van der Waals surface area contributed by atoms with Crippen molar-refractivity contribution >= 4 is 17.6 Å². The van der Waals surface area contributed by atoms with Crippen LogP contribution < -0.4 is 0 Å². The number of likely N-dealkylation sites (tertiary alicyclic amines) is 1. The summed E-state index contributed by atoms with van der Waals surface area (Å²) in [6.45, 7) is 3.47. The van der Waals surface area contributed by atoms with Crippen LogP contribution in [0.4, 0.5) is 0 Å². The molecule has 0 N–H and O–H groups in total. The Morgan fingerprint density at radius 1 is 1.33 bits per heavy atom. The monoisotopic (exact) mass is 268 g/mol.